The summed E-state index contributed by atoms with van der Waals surface area (Å²) in [6.07, 6.45) is 5.53. The minimum Gasteiger partial charge on any atom is -0.481 e. The van der Waals surface area contributed by atoms with Gasteiger partial charge >= 0.3 is 5.97 Å². The molecule has 1 aliphatic rings. The molecule has 0 radical (unpaired) electrons. The SMILES string of the molecule is Cc1ccc(CC(=O)CC(CCC(=O)O)c2noc(-c3cnc(CC(C)C)s3)c2C2CC2)c(Cl)c1. The number of halogens is 1. The number of carboxylic acid groups (broad SMARTS) is 1. The molecule has 0 aliphatic heterocycles. The third-order valence-corrected chi connectivity index (χ3v) is 7.64. The summed E-state index contributed by atoms with van der Waals surface area (Å²) in [6, 6.07) is 5.67. The summed E-state index contributed by atoms with van der Waals surface area (Å²) in [7, 11) is 0. The van der Waals surface area contributed by atoms with Crippen molar-refractivity contribution in [3.8, 4) is 10.6 Å². The zero-order valence-corrected chi connectivity index (χ0v) is 21.9. The van der Waals surface area contributed by atoms with E-state index in [0.29, 0.717) is 23.3 Å². The molecule has 0 saturated heterocycles. The van der Waals surface area contributed by atoms with Crippen molar-refractivity contribution in [1.29, 1.82) is 0 Å². The smallest absolute Gasteiger partial charge is 0.303 e. The van der Waals surface area contributed by atoms with E-state index in [2.05, 4.69) is 24.0 Å². The Balaban J connectivity index is 1.60. The Morgan fingerprint density at radius 2 is 2.06 bits per heavy atom. The van der Waals surface area contributed by atoms with Gasteiger partial charge in [-0.1, -0.05) is 42.7 Å². The van der Waals surface area contributed by atoms with E-state index in [4.69, 9.17) is 16.1 Å². The van der Waals surface area contributed by atoms with Crippen LogP contribution in [-0.4, -0.2) is 27.0 Å². The van der Waals surface area contributed by atoms with Crippen molar-refractivity contribution < 1.29 is 19.2 Å². The zero-order valence-electron chi connectivity index (χ0n) is 20.3. The van der Waals surface area contributed by atoms with Crippen molar-refractivity contribution in [2.24, 2.45) is 5.92 Å². The van der Waals surface area contributed by atoms with Crippen LogP contribution in [0.15, 0.2) is 28.9 Å². The Morgan fingerprint density at radius 3 is 2.71 bits per heavy atom. The van der Waals surface area contributed by atoms with Crippen LogP contribution >= 0.6 is 22.9 Å². The van der Waals surface area contributed by atoms with Gasteiger partial charge in [-0.15, -0.1) is 11.3 Å². The summed E-state index contributed by atoms with van der Waals surface area (Å²) in [4.78, 5) is 30.0. The first-order valence-electron chi connectivity index (χ1n) is 12.1. The molecule has 1 unspecified atom stereocenters. The maximum atomic E-state index is 13.1. The molecule has 0 spiro atoms. The van der Waals surface area contributed by atoms with Crippen LogP contribution in [0.3, 0.4) is 0 Å². The van der Waals surface area contributed by atoms with Gasteiger partial charge in [-0.25, -0.2) is 4.98 Å². The largest absolute Gasteiger partial charge is 0.481 e. The quantitative estimate of drug-likeness (QED) is 0.280. The number of hydrogen-bond donors (Lipinski definition) is 1. The molecule has 0 bridgehead atoms. The molecule has 1 saturated carbocycles. The maximum Gasteiger partial charge on any atom is 0.303 e. The van der Waals surface area contributed by atoms with Gasteiger partial charge in [0.15, 0.2) is 5.76 Å². The van der Waals surface area contributed by atoms with Gasteiger partial charge in [0.2, 0.25) is 0 Å². The van der Waals surface area contributed by atoms with Crippen LogP contribution in [0.1, 0.15) is 85.2 Å². The Morgan fingerprint density at radius 1 is 1.29 bits per heavy atom. The van der Waals surface area contributed by atoms with Crippen LogP contribution < -0.4 is 0 Å². The molecular weight excluding hydrogens is 484 g/mol. The number of carbonyl (C=O) groups excluding carboxylic acids is 1. The van der Waals surface area contributed by atoms with Crippen molar-refractivity contribution in [2.75, 3.05) is 0 Å². The van der Waals surface area contributed by atoms with Crippen LogP contribution in [0.25, 0.3) is 10.6 Å². The van der Waals surface area contributed by atoms with Crippen LogP contribution in [0.2, 0.25) is 5.02 Å². The zero-order chi connectivity index (χ0) is 25.1. The number of thiazole rings is 1. The van der Waals surface area contributed by atoms with E-state index >= 15 is 0 Å². The number of aromatic nitrogens is 2. The fraction of sp³-hybridized carbons (Fsp3) is 0.481. The lowest BCUT2D eigenvalue weighted by molar-refractivity contribution is -0.137. The number of aryl methyl sites for hydroxylation is 1. The van der Waals surface area contributed by atoms with Gasteiger partial charge in [0.05, 0.1) is 15.6 Å². The molecule has 6 nitrogen and oxygen atoms in total. The lowest BCUT2D eigenvalue weighted by atomic mass is 9.88. The van der Waals surface area contributed by atoms with Crippen molar-refractivity contribution in [3.05, 3.63) is 56.8 Å². The van der Waals surface area contributed by atoms with Crippen LogP contribution in [-0.2, 0) is 22.4 Å². The van der Waals surface area contributed by atoms with Crippen LogP contribution in [0.5, 0.6) is 0 Å². The number of ketones is 1. The molecule has 8 heteroatoms. The molecule has 1 N–H and O–H groups in total. The van der Waals surface area contributed by atoms with Crippen LogP contribution in [0, 0.1) is 12.8 Å². The van der Waals surface area contributed by atoms with E-state index in [1.54, 1.807) is 11.3 Å². The van der Waals surface area contributed by atoms with Crippen molar-refractivity contribution >= 4 is 34.7 Å². The molecule has 1 aliphatic carbocycles. The second-order valence-corrected chi connectivity index (χ2v) is 11.5. The molecule has 186 valence electrons. The van der Waals surface area contributed by atoms with E-state index in [1.807, 2.05) is 31.3 Å². The fourth-order valence-corrected chi connectivity index (χ4v) is 5.82. The van der Waals surface area contributed by atoms with Gasteiger partial charge in [0.1, 0.15) is 5.78 Å². The van der Waals surface area contributed by atoms with Crippen molar-refractivity contribution in [2.45, 2.75) is 77.6 Å². The molecule has 0 amide bonds. The number of benzene rings is 1. The Kier molecular flexibility index (Phi) is 8.07. The molecule has 2 aromatic heterocycles. The molecule has 1 fully saturated rings. The summed E-state index contributed by atoms with van der Waals surface area (Å²) in [5, 5.41) is 15.4. The maximum absolute atomic E-state index is 13.1. The summed E-state index contributed by atoms with van der Waals surface area (Å²) in [5.41, 5.74) is 3.58. The Hall–Kier alpha value is -2.51. The first-order chi connectivity index (χ1) is 16.7. The molecule has 2 heterocycles. The van der Waals surface area contributed by atoms with Gasteiger partial charge in [0.25, 0.3) is 0 Å². The number of Topliss-reactive ketones (excluding diaryl/α,β-unsaturated/α-hetero) is 1. The standard InChI is InChI=1S/C27H31ClN2O4S/c1-15(2)10-23-29-14-22(35-23)27-25(17-6-7-17)26(30-34-27)19(8-9-24(32)33)13-20(31)12-18-5-4-16(3)11-21(18)28/h4-5,11,14-15,17,19H,6-10,12-13H2,1-3H3,(H,32,33). The van der Waals surface area contributed by atoms with Gasteiger partial charge in [-0.3, -0.25) is 9.59 Å². The van der Waals surface area contributed by atoms with Gasteiger partial charge < -0.3 is 9.63 Å². The highest BCUT2D eigenvalue weighted by Gasteiger charge is 2.36. The van der Waals surface area contributed by atoms with Gasteiger partial charge in [0, 0.05) is 48.4 Å². The molecule has 35 heavy (non-hydrogen) atoms. The van der Waals surface area contributed by atoms with Crippen molar-refractivity contribution in [1.82, 2.24) is 10.1 Å². The highest BCUT2D eigenvalue weighted by Crippen LogP contribution is 2.49. The molecular formula is C27H31ClN2O4S. The third-order valence-electron chi connectivity index (χ3n) is 6.27. The van der Waals surface area contributed by atoms with Gasteiger partial charge in [-0.05, 0) is 55.2 Å². The van der Waals surface area contributed by atoms with Crippen LogP contribution in [0.4, 0.5) is 0 Å². The number of carbonyl (C=O) groups is 2. The number of hydrogen-bond acceptors (Lipinski definition) is 6. The monoisotopic (exact) mass is 514 g/mol. The minimum atomic E-state index is -0.887. The average Bonchev–Trinajstić information content (AvgIpc) is 3.36. The number of aliphatic carboxylic acids is 1. The van der Waals surface area contributed by atoms with Gasteiger partial charge in [-0.2, -0.15) is 0 Å². The molecule has 1 aromatic carbocycles. The number of rotatable bonds is 12. The van der Waals surface area contributed by atoms with E-state index in [0.717, 1.165) is 57.3 Å². The number of nitrogens with zero attached hydrogens (tertiary/aromatic N) is 2. The summed E-state index contributed by atoms with van der Waals surface area (Å²) < 4.78 is 5.86. The molecule has 1 atom stereocenters. The first-order valence-corrected chi connectivity index (χ1v) is 13.3. The normalized spacial score (nSPS) is 14.4. The summed E-state index contributed by atoms with van der Waals surface area (Å²) in [6.45, 7) is 6.28. The predicted molar refractivity (Wildman–Crippen MR) is 137 cm³/mol. The second-order valence-electron chi connectivity index (χ2n) is 9.94. The van der Waals surface area contributed by atoms with E-state index in [-0.39, 0.29) is 31.0 Å². The van der Waals surface area contributed by atoms with E-state index < -0.39 is 5.97 Å². The second kappa shape index (κ2) is 11.0. The van der Waals surface area contributed by atoms with E-state index in [1.165, 1.54) is 0 Å². The highest BCUT2D eigenvalue weighted by atomic mass is 35.5. The number of carboxylic acids is 1. The Bertz CT molecular complexity index is 1210. The topological polar surface area (TPSA) is 93.3 Å². The fourth-order valence-electron chi connectivity index (χ4n) is 4.40. The average molecular weight is 515 g/mol. The van der Waals surface area contributed by atoms with Crippen molar-refractivity contribution in [3.63, 3.8) is 0 Å². The Labute approximate surface area is 214 Å². The summed E-state index contributed by atoms with van der Waals surface area (Å²) in [5.74, 6) is 0.366. The lowest BCUT2D eigenvalue weighted by Crippen LogP contribution is -2.13. The van der Waals surface area contributed by atoms with E-state index in [9.17, 15) is 14.7 Å². The highest BCUT2D eigenvalue weighted by molar-refractivity contribution is 7.15. The molecule has 3 aromatic rings. The predicted octanol–water partition coefficient (Wildman–Crippen LogP) is 6.99. The molecule has 4 rings (SSSR count). The minimum absolute atomic E-state index is 0.00875. The summed E-state index contributed by atoms with van der Waals surface area (Å²) >= 11 is 7.96. The third kappa shape index (κ3) is 6.58. The first kappa shape index (κ1) is 25.6. The lowest BCUT2D eigenvalue weighted by Gasteiger charge is -2.15.